The topological polar surface area (TPSA) is 46.0 Å². The van der Waals surface area contributed by atoms with Gasteiger partial charge in [0.05, 0.1) is 6.54 Å². The van der Waals surface area contributed by atoms with Gasteiger partial charge < -0.3 is 5.32 Å². The summed E-state index contributed by atoms with van der Waals surface area (Å²) < 4.78 is 1.99. The van der Waals surface area contributed by atoms with Crippen molar-refractivity contribution in [3.8, 4) is 0 Å². The van der Waals surface area contributed by atoms with E-state index in [9.17, 15) is 0 Å². The van der Waals surface area contributed by atoms with Crippen LogP contribution < -0.4 is 5.32 Å². The van der Waals surface area contributed by atoms with Gasteiger partial charge in [-0.2, -0.15) is 5.10 Å². The molecule has 1 atom stereocenters. The fourth-order valence-electron chi connectivity index (χ4n) is 2.58. The summed E-state index contributed by atoms with van der Waals surface area (Å²) in [5.74, 6) is 0. The van der Waals surface area contributed by atoms with Crippen molar-refractivity contribution in [2.45, 2.75) is 12.6 Å². The number of piperazine rings is 1. The molecule has 0 amide bonds. The molecule has 0 aromatic carbocycles. The molecule has 3 rings (SSSR count). The van der Waals surface area contributed by atoms with E-state index >= 15 is 0 Å². The first-order chi connectivity index (χ1) is 9.43. The minimum Gasteiger partial charge on any atom is -0.314 e. The minimum atomic E-state index is 0. The number of hydrogen-bond acceptors (Lipinski definition) is 4. The minimum absolute atomic E-state index is 0. The fourth-order valence-corrected chi connectivity index (χ4v) is 2.58. The van der Waals surface area contributed by atoms with E-state index in [-0.39, 0.29) is 24.8 Å². The molecule has 0 bridgehead atoms. The standard InChI is InChI=1S/C14H19N5.2ClH/c1-3-13(11-15-4-1)14-12-16-6-8-18(14)9-10-19-7-2-5-17-19;;/h1-5,7,11,14,16H,6,8-10,12H2;2*1H. The Morgan fingerprint density at radius 3 is 2.81 bits per heavy atom. The van der Waals surface area contributed by atoms with Crippen molar-refractivity contribution in [1.82, 2.24) is 25.0 Å². The van der Waals surface area contributed by atoms with Crippen LogP contribution in [0, 0.1) is 0 Å². The SMILES string of the molecule is Cl.Cl.c1cncc(C2CNCCN2CCn2cccn2)c1. The molecule has 3 heterocycles. The average Bonchev–Trinajstić information content (AvgIpc) is 3.00. The molecule has 2 aromatic heterocycles. The summed E-state index contributed by atoms with van der Waals surface area (Å²) in [6.45, 7) is 5.06. The smallest absolute Gasteiger partial charge is 0.0536 e. The van der Waals surface area contributed by atoms with Crippen molar-refractivity contribution in [3.63, 3.8) is 0 Å². The van der Waals surface area contributed by atoms with E-state index in [1.807, 2.05) is 41.6 Å². The van der Waals surface area contributed by atoms with Gasteiger partial charge in [0.2, 0.25) is 0 Å². The predicted octanol–water partition coefficient (Wildman–Crippen LogP) is 1.77. The Morgan fingerprint density at radius 1 is 1.19 bits per heavy atom. The van der Waals surface area contributed by atoms with Crippen molar-refractivity contribution in [2.75, 3.05) is 26.2 Å². The molecule has 0 radical (unpaired) electrons. The predicted molar refractivity (Wildman–Crippen MR) is 88.1 cm³/mol. The van der Waals surface area contributed by atoms with Crippen LogP contribution in [0.4, 0.5) is 0 Å². The van der Waals surface area contributed by atoms with Crippen LogP contribution >= 0.6 is 24.8 Å². The van der Waals surface area contributed by atoms with E-state index in [0.717, 1.165) is 32.7 Å². The second-order valence-corrected chi connectivity index (χ2v) is 4.81. The third-order valence-corrected chi connectivity index (χ3v) is 3.60. The summed E-state index contributed by atoms with van der Waals surface area (Å²) in [6, 6.07) is 6.55. The Morgan fingerprint density at radius 2 is 2.10 bits per heavy atom. The van der Waals surface area contributed by atoms with Crippen LogP contribution in [0.2, 0.25) is 0 Å². The van der Waals surface area contributed by atoms with Crippen LogP contribution in [0.5, 0.6) is 0 Å². The maximum atomic E-state index is 4.26. The Balaban J connectivity index is 0.00000110. The number of nitrogens with one attached hydrogen (secondary N) is 1. The zero-order valence-corrected chi connectivity index (χ0v) is 13.4. The number of nitrogens with zero attached hydrogens (tertiary/aromatic N) is 4. The van der Waals surface area contributed by atoms with Gasteiger partial charge in [0.25, 0.3) is 0 Å². The number of hydrogen-bond donors (Lipinski definition) is 1. The Kier molecular flexibility index (Phi) is 7.67. The lowest BCUT2D eigenvalue weighted by atomic mass is 10.1. The molecular formula is C14H21Cl2N5. The molecular weight excluding hydrogens is 309 g/mol. The summed E-state index contributed by atoms with van der Waals surface area (Å²) in [5.41, 5.74) is 1.29. The highest BCUT2D eigenvalue weighted by molar-refractivity contribution is 5.85. The van der Waals surface area contributed by atoms with Crippen molar-refractivity contribution < 1.29 is 0 Å². The lowest BCUT2D eigenvalue weighted by Crippen LogP contribution is -2.47. The second kappa shape index (κ2) is 9.00. The molecule has 7 heteroatoms. The molecule has 5 nitrogen and oxygen atoms in total. The first kappa shape index (κ1) is 17.9. The van der Waals surface area contributed by atoms with Crippen LogP contribution in [0.3, 0.4) is 0 Å². The molecule has 116 valence electrons. The quantitative estimate of drug-likeness (QED) is 0.928. The summed E-state index contributed by atoms with van der Waals surface area (Å²) in [6.07, 6.45) is 7.64. The monoisotopic (exact) mass is 329 g/mol. The maximum Gasteiger partial charge on any atom is 0.0536 e. The zero-order valence-electron chi connectivity index (χ0n) is 11.8. The van der Waals surface area contributed by atoms with Crippen molar-refractivity contribution in [2.24, 2.45) is 0 Å². The number of rotatable bonds is 4. The van der Waals surface area contributed by atoms with Crippen molar-refractivity contribution >= 4 is 24.8 Å². The van der Waals surface area contributed by atoms with Gasteiger partial charge in [-0.1, -0.05) is 6.07 Å². The summed E-state index contributed by atoms with van der Waals surface area (Å²) in [7, 11) is 0. The zero-order chi connectivity index (χ0) is 12.9. The third kappa shape index (κ3) is 4.68. The molecule has 2 aromatic rings. The van der Waals surface area contributed by atoms with Crippen LogP contribution in [-0.2, 0) is 6.54 Å². The van der Waals surface area contributed by atoms with E-state index in [1.54, 1.807) is 0 Å². The molecule has 1 N–H and O–H groups in total. The van der Waals surface area contributed by atoms with E-state index in [1.165, 1.54) is 5.56 Å². The largest absolute Gasteiger partial charge is 0.314 e. The van der Waals surface area contributed by atoms with Crippen molar-refractivity contribution in [3.05, 3.63) is 48.5 Å². The van der Waals surface area contributed by atoms with E-state index in [0.29, 0.717) is 6.04 Å². The van der Waals surface area contributed by atoms with E-state index in [2.05, 4.69) is 26.4 Å². The number of halogens is 2. The first-order valence-corrected chi connectivity index (χ1v) is 6.75. The van der Waals surface area contributed by atoms with Gasteiger partial charge in [0.15, 0.2) is 0 Å². The molecule has 0 aliphatic carbocycles. The van der Waals surface area contributed by atoms with Gasteiger partial charge in [0.1, 0.15) is 0 Å². The highest BCUT2D eigenvalue weighted by Gasteiger charge is 2.23. The Bertz CT molecular complexity index is 491. The number of pyridine rings is 1. The molecule has 1 unspecified atom stereocenters. The van der Waals surface area contributed by atoms with Gasteiger partial charge in [-0.05, 0) is 17.7 Å². The summed E-state index contributed by atoms with van der Waals surface area (Å²) in [5, 5.41) is 7.73. The third-order valence-electron chi connectivity index (χ3n) is 3.60. The van der Waals surface area contributed by atoms with Crippen LogP contribution in [0.25, 0.3) is 0 Å². The summed E-state index contributed by atoms with van der Waals surface area (Å²) >= 11 is 0. The van der Waals surface area contributed by atoms with Crippen LogP contribution in [0.15, 0.2) is 43.0 Å². The van der Waals surface area contributed by atoms with Crippen molar-refractivity contribution in [1.29, 1.82) is 0 Å². The first-order valence-electron chi connectivity index (χ1n) is 6.75. The second-order valence-electron chi connectivity index (χ2n) is 4.81. The normalized spacial score (nSPS) is 18.6. The fraction of sp³-hybridized carbons (Fsp3) is 0.429. The van der Waals surface area contributed by atoms with E-state index in [4.69, 9.17) is 0 Å². The van der Waals surface area contributed by atoms with Crippen LogP contribution in [-0.4, -0.2) is 45.8 Å². The summed E-state index contributed by atoms with van der Waals surface area (Å²) in [4.78, 5) is 6.74. The molecule has 0 spiro atoms. The Hall–Kier alpha value is -1.14. The Labute approximate surface area is 137 Å². The van der Waals surface area contributed by atoms with Gasteiger partial charge in [-0.15, -0.1) is 24.8 Å². The molecule has 1 aliphatic rings. The molecule has 0 saturated carbocycles. The molecule has 1 aliphatic heterocycles. The lowest BCUT2D eigenvalue weighted by Gasteiger charge is -2.36. The molecule has 21 heavy (non-hydrogen) atoms. The van der Waals surface area contributed by atoms with Gasteiger partial charge in [0, 0.05) is 57.0 Å². The number of aromatic nitrogens is 3. The van der Waals surface area contributed by atoms with Gasteiger partial charge in [-0.3, -0.25) is 14.6 Å². The van der Waals surface area contributed by atoms with E-state index < -0.39 is 0 Å². The lowest BCUT2D eigenvalue weighted by molar-refractivity contribution is 0.154. The van der Waals surface area contributed by atoms with Crippen LogP contribution in [0.1, 0.15) is 11.6 Å². The highest BCUT2D eigenvalue weighted by atomic mass is 35.5. The highest BCUT2D eigenvalue weighted by Crippen LogP contribution is 2.20. The maximum absolute atomic E-state index is 4.26. The van der Waals surface area contributed by atoms with Gasteiger partial charge in [-0.25, -0.2) is 0 Å². The van der Waals surface area contributed by atoms with Gasteiger partial charge >= 0.3 is 0 Å². The molecule has 1 saturated heterocycles. The average molecular weight is 330 g/mol. The molecule has 1 fully saturated rings.